The fourth-order valence-electron chi connectivity index (χ4n) is 2.52. The first-order chi connectivity index (χ1) is 11.2. The van der Waals surface area contributed by atoms with Crippen molar-refractivity contribution in [3.63, 3.8) is 0 Å². The van der Waals surface area contributed by atoms with Gasteiger partial charge in [0.2, 0.25) is 5.88 Å². The van der Waals surface area contributed by atoms with Crippen LogP contribution in [0.25, 0.3) is 0 Å². The van der Waals surface area contributed by atoms with Crippen molar-refractivity contribution in [3.05, 3.63) is 52.6 Å². The van der Waals surface area contributed by atoms with Crippen molar-refractivity contribution in [2.45, 2.75) is 18.9 Å². The van der Waals surface area contributed by atoms with Crippen molar-refractivity contribution in [2.75, 3.05) is 13.1 Å². The molecule has 2 heterocycles. The molecule has 0 bridgehead atoms. The summed E-state index contributed by atoms with van der Waals surface area (Å²) < 4.78 is 6.70. The van der Waals surface area contributed by atoms with Crippen LogP contribution in [0.3, 0.4) is 0 Å². The topological polar surface area (TPSA) is 63.2 Å². The van der Waals surface area contributed by atoms with Gasteiger partial charge in [0.25, 0.3) is 5.91 Å². The molecule has 1 aliphatic rings. The van der Waals surface area contributed by atoms with E-state index in [1.54, 1.807) is 18.3 Å². The number of hydrogen-bond donors (Lipinski definition) is 2. The Balaban J connectivity index is 0.00000156. The highest BCUT2D eigenvalue weighted by molar-refractivity contribution is 9.10. The van der Waals surface area contributed by atoms with Gasteiger partial charge in [0.15, 0.2) is 0 Å². The van der Waals surface area contributed by atoms with E-state index in [4.69, 9.17) is 4.74 Å². The number of rotatable bonds is 4. The van der Waals surface area contributed by atoms with Gasteiger partial charge in [-0.05, 0) is 56.3 Å². The van der Waals surface area contributed by atoms with Crippen LogP contribution in [0.5, 0.6) is 11.6 Å². The summed E-state index contributed by atoms with van der Waals surface area (Å²) in [6, 6.07) is 11.1. The molecule has 136 valence electrons. The summed E-state index contributed by atoms with van der Waals surface area (Å²) in [6.45, 7) is 1.86. The van der Waals surface area contributed by atoms with Gasteiger partial charge < -0.3 is 15.4 Å². The second kappa shape index (κ2) is 10.6. The molecule has 1 aromatic heterocycles. The van der Waals surface area contributed by atoms with Crippen molar-refractivity contribution >= 4 is 46.7 Å². The molecule has 2 N–H and O–H groups in total. The minimum Gasteiger partial charge on any atom is -0.438 e. The summed E-state index contributed by atoms with van der Waals surface area (Å²) in [5.74, 6) is 0.807. The number of benzene rings is 1. The first-order valence-corrected chi connectivity index (χ1v) is 8.42. The number of nitrogens with one attached hydrogen (secondary N) is 2. The molecule has 1 saturated heterocycles. The molecule has 25 heavy (non-hydrogen) atoms. The van der Waals surface area contributed by atoms with Gasteiger partial charge in [-0.1, -0.05) is 22.0 Å². The Morgan fingerprint density at radius 3 is 2.68 bits per heavy atom. The average molecular weight is 449 g/mol. The zero-order valence-corrected chi connectivity index (χ0v) is 16.6. The van der Waals surface area contributed by atoms with Crippen LogP contribution in [0.4, 0.5) is 0 Å². The van der Waals surface area contributed by atoms with E-state index in [1.165, 1.54) is 0 Å². The summed E-state index contributed by atoms with van der Waals surface area (Å²) in [5, 5.41) is 6.35. The number of hydrogen-bond acceptors (Lipinski definition) is 4. The molecule has 0 atom stereocenters. The third kappa shape index (κ3) is 6.15. The van der Waals surface area contributed by atoms with Crippen LogP contribution in [0.1, 0.15) is 23.2 Å². The fraction of sp³-hybridized carbons (Fsp3) is 0.294. The molecule has 0 aliphatic carbocycles. The van der Waals surface area contributed by atoms with Crippen molar-refractivity contribution in [1.29, 1.82) is 0 Å². The highest BCUT2D eigenvalue weighted by atomic mass is 79.9. The predicted molar refractivity (Wildman–Crippen MR) is 106 cm³/mol. The maximum Gasteiger partial charge on any atom is 0.257 e. The van der Waals surface area contributed by atoms with Gasteiger partial charge in [0.1, 0.15) is 11.3 Å². The van der Waals surface area contributed by atoms with Gasteiger partial charge in [-0.2, -0.15) is 0 Å². The molecule has 1 fully saturated rings. The van der Waals surface area contributed by atoms with E-state index in [9.17, 15) is 4.79 Å². The lowest BCUT2D eigenvalue weighted by Gasteiger charge is -2.23. The van der Waals surface area contributed by atoms with Crippen molar-refractivity contribution in [3.8, 4) is 11.6 Å². The van der Waals surface area contributed by atoms with E-state index < -0.39 is 0 Å². The Morgan fingerprint density at radius 1 is 1.20 bits per heavy atom. The van der Waals surface area contributed by atoms with E-state index in [0.29, 0.717) is 17.2 Å². The van der Waals surface area contributed by atoms with Crippen molar-refractivity contribution in [2.24, 2.45) is 0 Å². The Kier molecular flexibility index (Phi) is 9.21. The molecule has 1 aliphatic heterocycles. The minimum absolute atomic E-state index is 0. The average Bonchev–Trinajstić information content (AvgIpc) is 2.56. The largest absolute Gasteiger partial charge is 0.438 e. The fourth-order valence-corrected chi connectivity index (χ4v) is 2.89. The molecule has 0 unspecified atom stereocenters. The highest BCUT2D eigenvalue weighted by Crippen LogP contribution is 2.25. The van der Waals surface area contributed by atoms with E-state index in [2.05, 4.69) is 31.5 Å². The van der Waals surface area contributed by atoms with E-state index >= 15 is 0 Å². The van der Waals surface area contributed by atoms with Crippen molar-refractivity contribution in [1.82, 2.24) is 15.6 Å². The number of ether oxygens (including phenoxy) is 1. The third-order valence-electron chi connectivity index (χ3n) is 3.70. The van der Waals surface area contributed by atoms with E-state index in [1.807, 2.05) is 24.3 Å². The Bertz CT molecular complexity index is 697. The maximum atomic E-state index is 12.5. The molecule has 1 amide bonds. The second-order valence-electron chi connectivity index (χ2n) is 5.41. The summed E-state index contributed by atoms with van der Waals surface area (Å²) >= 11 is 3.40. The van der Waals surface area contributed by atoms with E-state index in [-0.39, 0.29) is 36.8 Å². The molecule has 5 nitrogen and oxygen atoms in total. The predicted octanol–water partition coefficient (Wildman–Crippen LogP) is 3.96. The van der Waals surface area contributed by atoms with Gasteiger partial charge in [-0.25, -0.2) is 4.98 Å². The molecule has 2 aromatic rings. The lowest BCUT2D eigenvalue weighted by Crippen LogP contribution is -2.42. The van der Waals surface area contributed by atoms with Gasteiger partial charge in [-0.15, -0.1) is 24.8 Å². The normalized spacial score (nSPS) is 14.0. The summed E-state index contributed by atoms with van der Waals surface area (Å²) in [5.41, 5.74) is 0.450. The number of nitrogens with zero attached hydrogens (tertiary/aromatic N) is 1. The zero-order valence-electron chi connectivity index (χ0n) is 13.4. The minimum atomic E-state index is -0.144. The number of carbonyl (C=O) groups excluding carboxylic acids is 1. The number of amides is 1. The standard InChI is InChI=1S/C17H18BrN3O2.2ClH/c18-12-3-1-4-14(11-12)23-17-15(5-2-8-20-17)16(22)21-13-6-9-19-10-7-13;;/h1-5,8,11,13,19H,6-7,9-10H2,(H,21,22);2*1H. The highest BCUT2D eigenvalue weighted by Gasteiger charge is 2.19. The van der Waals surface area contributed by atoms with Gasteiger partial charge >= 0.3 is 0 Å². The zero-order chi connectivity index (χ0) is 16.1. The molecule has 0 radical (unpaired) electrons. The smallest absolute Gasteiger partial charge is 0.257 e. The van der Waals surface area contributed by atoms with Crippen molar-refractivity contribution < 1.29 is 9.53 Å². The quantitative estimate of drug-likeness (QED) is 0.742. The second-order valence-corrected chi connectivity index (χ2v) is 6.33. The number of carbonyl (C=O) groups is 1. The Morgan fingerprint density at radius 2 is 1.96 bits per heavy atom. The van der Waals surface area contributed by atoms with Gasteiger partial charge in [0.05, 0.1) is 0 Å². The van der Waals surface area contributed by atoms with Crippen LogP contribution in [0.15, 0.2) is 47.1 Å². The summed E-state index contributed by atoms with van der Waals surface area (Å²) in [4.78, 5) is 16.7. The molecule has 1 aromatic carbocycles. The lowest BCUT2D eigenvalue weighted by molar-refractivity contribution is 0.0926. The summed E-state index contributed by atoms with van der Waals surface area (Å²) in [7, 11) is 0. The van der Waals surface area contributed by atoms with Crippen LogP contribution >= 0.6 is 40.7 Å². The Labute approximate surface area is 167 Å². The first kappa shape index (κ1) is 21.7. The number of aromatic nitrogens is 1. The van der Waals surface area contributed by atoms with Crippen LogP contribution in [-0.4, -0.2) is 30.0 Å². The lowest BCUT2D eigenvalue weighted by atomic mass is 10.1. The van der Waals surface area contributed by atoms with Crippen LogP contribution in [0, 0.1) is 0 Å². The van der Waals surface area contributed by atoms with E-state index in [0.717, 1.165) is 30.4 Å². The molecular formula is C17H20BrCl2N3O2. The Hall–Kier alpha value is -1.34. The van der Waals surface area contributed by atoms with Gasteiger partial charge in [0, 0.05) is 16.7 Å². The monoisotopic (exact) mass is 447 g/mol. The molecule has 3 rings (SSSR count). The van der Waals surface area contributed by atoms with Crippen LogP contribution in [-0.2, 0) is 0 Å². The SMILES string of the molecule is Cl.Cl.O=C(NC1CCNCC1)c1cccnc1Oc1cccc(Br)c1. The number of piperidine rings is 1. The molecule has 0 spiro atoms. The summed E-state index contributed by atoms with van der Waals surface area (Å²) in [6.07, 6.45) is 3.50. The van der Waals surface area contributed by atoms with Gasteiger partial charge in [-0.3, -0.25) is 4.79 Å². The maximum absolute atomic E-state index is 12.5. The molecular weight excluding hydrogens is 429 g/mol. The molecule has 8 heteroatoms. The first-order valence-electron chi connectivity index (χ1n) is 7.62. The third-order valence-corrected chi connectivity index (χ3v) is 4.19. The molecule has 0 saturated carbocycles. The number of halogens is 3. The van der Waals surface area contributed by atoms with Crippen LogP contribution < -0.4 is 15.4 Å². The van der Waals surface area contributed by atoms with Crippen LogP contribution in [0.2, 0.25) is 0 Å². The number of pyridine rings is 1.